The number of amides is 1. The van der Waals surface area contributed by atoms with Gasteiger partial charge in [-0.25, -0.2) is 4.68 Å². The Balaban J connectivity index is 1.99. The molecular weight excluding hydrogens is 256 g/mol. The van der Waals surface area contributed by atoms with Crippen molar-refractivity contribution in [2.45, 2.75) is 32.9 Å². The zero-order valence-electron chi connectivity index (χ0n) is 11.6. The molecule has 2 rings (SSSR count). The molecule has 0 atom stereocenters. The van der Waals surface area contributed by atoms with Gasteiger partial charge in [-0.1, -0.05) is 31.2 Å². The first-order chi connectivity index (χ1) is 9.58. The molecule has 0 bridgehead atoms. The Labute approximate surface area is 117 Å². The van der Waals surface area contributed by atoms with Gasteiger partial charge in [0.25, 0.3) is 0 Å². The lowest BCUT2D eigenvalue weighted by Crippen LogP contribution is -2.19. The molecule has 1 aromatic carbocycles. The second-order valence-corrected chi connectivity index (χ2v) is 4.89. The Bertz CT molecular complexity index is 592. The fourth-order valence-electron chi connectivity index (χ4n) is 1.81. The second kappa shape index (κ2) is 6.29. The van der Waals surface area contributed by atoms with Crippen LogP contribution in [0.25, 0.3) is 0 Å². The van der Waals surface area contributed by atoms with E-state index in [9.17, 15) is 4.79 Å². The van der Waals surface area contributed by atoms with E-state index in [2.05, 4.69) is 29.5 Å². The van der Waals surface area contributed by atoms with Crippen molar-refractivity contribution >= 4 is 11.6 Å². The van der Waals surface area contributed by atoms with E-state index in [1.807, 2.05) is 24.3 Å². The molecule has 1 amide bonds. The van der Waals surface area contributed by atoms with Crippen LogP contribution in [0, 0.1) is 0 Å². The van der Waals surface area contributed by atoms with Gasteiger partial charge in [0.15, 0.2) is 0 Å². The predicted molar refractivity (Wildman–Crippen MR) is 75.1 cm³/mol. The summed E-state index contributed by atoms with van der Waals surface area (Å²) in [7, 11) is 0. The maximum absolute atomic E-state index is 11.9. The molecule has 1 aromatic heterocycles. The second-order valence-electron chi connectivity index (χ2n) is 4.89. The van der Waals surface area contributed by atoms with Crippen molar-refractivity contribution in [3.63, 3.8) is 0 Å². The molecule has 106 valence electrons. The summed E-state index contributed by atoms with van der Waals surface area (Å²) < 4.78 is 1.40. The standard InChI is InChI=1S/C14H18N4O2/c1-10(2)11-4-3-5-12(6-11)15-14(20)8-18-7-13(9-19)16-17-18/h3-7,10,19H,8-9H2,1-2H3,(H,15,20). The Hall–Kier alpha value is -2.21. The lowest BCUT2D eigenvalue weighted by atomic mass is 10.0. The molecule has 1 heterocycles. The molecule has 0 spiro atoms. The number of carbonyl (C=O) groups is 1. The van der Waals surface area contributed by atoms with Crippen LogP contribution in [0.15, 0.2) is 30.5 Å². The van der Waals surface area contributed by atoms with Crippen LogP contribution in [-0.2, 0) is 17.9 Å². The van der Waals surface area contributed by atoms with Gasteiger partial charge in [0.1, 0.15) is 12.2 Å². The van der Waals surface area contributed by atoms with Gasteiger partial charge in [-0.05, 0) is 23.6 Å². The highest BCUT2D eigenvalue weighted by atomic mass is 16.3. The Morgan fingerprint density at radius 1 is 1.45 bits per heavy atom. The highest BCUT2D eigenvalue weighted by Crippen LogP contribution is 2.18. The normalized spacial score (nSPS) is 10.8. The summed E-state index contributed by atoms with van der Waals surface area (Å²) in [6, 6.07) is 7.77. The van der Waals surface area contributed by atoms with Gasteiger partial charge in [-0.3, -0.25) is 4.79 Å². The van der Waals surface area contributed by atoms with Crippen LogP contribution in [0.4, 0.5) is 5.69 Å². The molecule has 2 N–H and O–H groups in total. The van der Waals surface area contributed by atoms with Crippen LogP contribution in [0.5, 0.6) is 0 Å². The summed E-state index contributed by atoms with van der Waals surface area (Å²) in [5.41, 5.74) is 2.38. The van der Waals surface area contributed by atoms with Crippen molar-refractivity contribution < 1.29 is 9.90 Å². The summed E-state index contributed by atoms with van der Waals surface area (Å²) in [5, 5.41) is 19.2. The van der Waals surface area contributed by atoms with Crippen molar-refractivity contribution in [1.29, 1.82) is 0 Å². The largest absolute Gasteiger partial charge is 0.390 e. The molecule has 0 radical (unpaired) electrons. The van der Waals surface area contributed by atoms with Crippen molar-refractivity contribution in [3.8, 4) is 0 Å². The molecule has 6 nitrogen and oxygen atoms in total. The van der Waals surface area contributed by atoms with Crippen LogP contribution < -0.4 is 5.32 Å². The van der Waals surface area contributed by atoms with E-state index in [0.717, 1.165) is 5.69 Å². The Kier molecular flexibility index (Phi) is 4.47. The average molecular weight is 274 g/mol. The van der Waals surface area contributed by atoms with Gasteiger partial charge in [0, 0.05) is 5.69 Å². The zero-order chi connectivity index (χ0) is 14.5. The van der Waals surface area contributed by atoms with E-state index in [4.69, 9.17) is 5.11 Å². The number of aliphatic hydroxyl groups is 1. The zero-order valence-corrected chi connectivity index (χ0v) is 11.6. The molecule has 2 aromatic rings. The van der Waals surface area contributed by atoms with E-state index in [1.165, 1.54) is 10.2 Å². The Morgan fingerprint density at radius 2 is 2.25 bits per heavy atom. The maximum atomic E-state index is 11.9. The maximum Gasteiger partial charge on any atom is 0.246 e. The minimum Gasteiger partial charge on any atom is -0.390 e. The quantitative estimate of drug-likeness (QED) is 0.866. The molecule has 0 fully saturated rings. The molecular formula is C14H18N4O2. The van der Waals surface area contributed by atoms with Crippen molar-refractivity contribution in [2.75, 3.05) is 5.32 Å². The summed E-state index contributed by atoms with van der Waals surface area (Å²) in [6.45, 7) is 4.09. The fraction of sp³-hybridized carbons (Fsp3) is 0.357. The third kappa shape index (κ3) is 3.64. The Morgan fingerprint density at radius 3 is 2.90 bits per heavy atom. The average Bonchev–Trinajstić information content (AvgIpc) is 2.86. The number of benzene rings is 1. The number of hydrogen-bond donors (Lipinski definition) is 2. The first-order valence-corrected chi connectivity index (χ1v) is 6.48. The summed E-state index contributed by atoms with van der Waals surface area (Å²) in [6.07, 6.45) is 1.55. The van der Waals surface area contributed by atoms with Gasteiger partial charge in [0.2, 0.25) is 5.91 Å². The minimum absolute atomic E-state index is 0.0684. The number of nitrogens with zero attached hydrogens (tertiary/aromatic N) is 3. The molecule has 6 heteroatoms. The highest BCUT2D eigenvalue weighted by Gasteiger charge is 2.07. The first kappa shape index (κ1) is 14.2. The number of aliphatic hydroxyl groups excluding tert-OH is 1. The topological polar surface area (TPSA) is 80.0 Å². The number of anilines is 1. The lowest BCUT2D eigenvalue weighted by Gasteiger charge is -2.09. The third-order valence-corrected chi connectivity index (χ3v) is 2.89. The van der Waals surface area contributed by atoms with Crippen LogP contribution in [0.1, 0.15) is 31.0 Å². The van der Waals surface area contributed by atoms with E-state index < -0.39 is 0 Å². The van der Waals surface area contributed by atoms with E-state index in [1.54, 1.807) is 6.20 Å². The molecule has 20 heavy (non-hydrogen) atoms. The summed E-state index contributed by atoms with van der Waals surface area (Å²) >= 11 is 0. The van der Waals surface area contributed by atoms with Crippen LogP contribution in [-0.4, -0.2) is 26.0 Å². The van der Waals surface area contributed by atoms with Crippen molar-refractivity contribution in [2.24, 2.45) is 0 Å². The number of carbonyl (C=O) groups excluding carboxylic acids is 1. The van der Waals surface area contributed by atoms with Gasteiger partial charge in [0.05, 0.1) is 12.8 Å². The summed E-state index contributed by atoms with van der Waals surface area (Å²) in [5.74, 6) is 0.231. The van der Waals surface area contributed by atoms with E-state index in [-0.39, 0.29) is 19.1 Å². The third-order valence-electron chi connectivity index (χ3n) is 2.89. The van der Waals surface area contributed by atoms with Crippen LogP contribution in [0.2, 0.25) is 0 Å². The number of aromatic nitrogens is 3. The number of hydrogen-bond acceptors (Lipinski definition) is 4. The van der Waals surface area contributed by atoms with Crippen LogP contribution in [0.3, 0.4) is 0 Å². The number of rotatable bonds is 5. The molecule has 0 aliphatic carbocycles. The fourth-order valence-corrected chi connectivity index (χ4v) is 1.81. The molecule has 0 aliphatic heterocycles. The molecule has 0 aliphatic rings. The molecule has 0 saturated carbocycles. The first-order valence-electron chi connectivity index (χ1n) is 6.48. The summed E-state index contributed by atoms with van der Waals surface area (Å²) in [4.78, 5) is 11.9. The van der Waals surface area contributed by atoms with Gasteiger partial charge < -0.3 is 10.4 Å². The molecule has 0 unspecified atom stereocenters. The number of nitrogens with one attached hydrogen (secondary N) is 1. The van der Waals surface area contributed by atoms with Crippen molar-refractivity contribution in [3.05, 3.63) is 41.7 Å². The van der Waals surface area contributed by atoms with E-state index >= 15 is 0 Å². The van der Waals surface area contributed by atoms with E-state index in [0.29, 0.717) is 11.6 Å². The lowest BCUT2D eigenvalue weighted by molar-refractivity contribution is -0.116. The smallest absolute Gasteiger partial charge is 0.246 e. The molecule has 0 saturated heterocycles. The van der Waals surface area contributed by atoms with Gasteiger partial charge in [-0.15, -0.1) is 5.10 Å². The highest BCUT2D eigenvalue weighted by molar-refractivity contribution is 5.90. The SMILES string of the molecule is CC(C)c1cccc(NC(=O)Cn2cc(CO)nn2)c1. The van der Waals surface area contributed by atoms with Crippen LogP contribution >= 0.6 is 0 Å². The van der Waals surface area contributed by atoms with Crippen molar-refractivity contribution in [1.82, 2.24) is 15.0 Å². The van der Waals surface area contributed by atoms with Gasteiger partial charge in [-0.2, -0.15) is 0 Å². The minimum atomic E-state index is -0.182. The monoisotopic (exact) mass is 274 g/mol. The predicted octanol–water partition coefficient (Wildman–Crippen LogP) is 1.53. The van der Waals surface area contributed by atoms with Gasteiger partial charge >= 0.3 is 0 Å².